The van der Waals surface area contributed by atoms with Gasteiger partial charge in [-0.1, -0.05) is 84.9 Å². The lowest BCUT2D eigenvalue weighted by Gasteiger charge is -2.37. The summed E-state index contributed by atoms with van der Waals surface area (Å²) in [5.74, 6) is -0.183. The fourth-order valence-corrected chi connectivity index (χ4v) is 8.65. The quantitative estimate of drug-likeness (QED) is 0.113. The van der Waals surface area contributed by atoms with Crippen molar-refractivity contribution < 1.29 is 19.4 Å². The summed E-state index contributed by atoms with van der Waals surface area (Å²) < 4.78 is 16.1. The largest absolute Gasteiger partial charge is 0.506 e. The van der Waals surface area contributed by atoms with Gasteiger partial charge in [0.05, 0.1) is 11.6 Å². The SMILES string of the molecule is NC(=O)C(c1ccccc1)(c1ccccc1)[C@@H]1CCN(Cc2cccc(CN3CCC(CNC[C@H](O)c4ccc(O)c5[nH]c(=O)ccc45)CC3)c2F)C1. The number of carbonyl (C=O) groups excluding carboxylic acids is 1. The number of phenols is 1. The van der Waals surface area contributed by atoms with Crippen LogP contribution in [0.1, 0.15) is 53.2 Å². The Balaban J connectivity index is 0.932. The highest BCUT2D eigenvalue weighted by atomic mass is 19.1. The molecule has 5 aromatic rings. The van der Waals surface area contributed by atoms with Gasteiger partial charge in [-0.05, 0) is 86.1 Å². The molecule has 7 rings (SSSR count). The summed E-state index contributed by atoms with van der Waals surface area (Å²) in [6.45, 7) is 5.19. The summed E-state index contributed by atoms with van der Waals surface area (Å²) >= 11 is 0. The van der Waals surface area contributed by atoms with Gasteiger partial charge in [-0.3, -0.25) is 19.4 Å². The van der Waals surface area contributed by atoms with E-state index in [1.54, 1.807) is 12.1 Å². The molecule has 2 atom stereocenters. The van der Waals surface area contributed by atoms with E-state index in [1.807, 2.05) is 78.9 Å². The first-order chi connectivity index (χ1) is 25.7. The summed E-state index contributed by atoms with van der Waals surface area (Å²) in [5, 5.41) is 25.1. The number of aromatic amines is 1. The minimum atomic E-state index is -0.983. The topological polar surface area (TPSA) is 135 Å². The number of likely N-dealkylation sites (tertiary alicyclic amines) is 2. The van der Waals surface area contributed by atoms with Crippen LogP contribution in [-0.2, 0) is 23.3 Å². The molecule has 0 bridgehead atoms. The number of primary amides is 1. The molecule has 276 valence electrons. The number of nitrogens with one attached hydrogen (secondary N) is 2. The molecule has 2 fully saturated rings. The van der Waals surface area contributed by atoms with Gasteiger partial charge in [-0.25, -0.2) is 4.39 Å². The average Bonchev–Trinajstić information content (AvgIpc) is 3.63. The second-order valence-electron chi connectivity index (χ2n) is 14.7. The van der Waals surface area contributed by atoms with Gasteiger partial charge in [-0.2, -0.15) is 0 Å². The zero-order valence-corrected chi connectivity index (χ0v) is 29.9. The Morgan fingerprint density at radius 3 is 2.11 bits per heavy atom. The van der Waals surface area contributed by atoms with Gasteiger partial charge in [0, 0.05) is 48.8 Å². The van der Waals surface area contributed by atoms with Crippen LogP contribution >= 0.6 is 0 Å². The highest BCUT2D eigenvalue weighted by Gasteiger charge is 2.49. The number of aromatic nitrogens is 1. The molecule has 2 aliphatic rings. The summed E-state index contributed by atoms with van der Waals surface area (Å²) in [7, 11) is 0. The van der Waals surface area contributed by atoms with Crippen molar-refractivity contribution in [2.45, 2.75) is 43.9 Å². The third kappa shape index (κ3) is 7.63. The zero-order chi connectivity index (χ0) is 37.0. The molecule has 2 saturated heterocycles. The molecule has 2 aliphatic heterocycles. The number of piperidine rings is 1. The third-order valence-corrected chi connectivity index (χ3v) is 11.4. The summed E-state index contributed by atoms with van der Waals surface area (Å²) in [6, 6.07) is 31.5. The molecule has 6 N–H and O–H groups in total. The Morgan fingerprint density at radius 1 is 0.849 bits per heavy atom. The number of rotatable bonds is 13. The van der Waals surface area contributed by atoms with Crippen molar-refractivity contribution in [2.24, 2.45) is 17.6 Å². The highest BCUT2D eigenvalue weighted by molar-refractivity contribution is 5.91. The molecule has 0 radical (unpaired) electrons. The minimum absolute atomic E-state index is 0.0315. The number of pyridine rings is 1. The molecule has 9 nitrogen and oxygen atoms in total. The van der Waals surface area contributed by atoms with Gasteiger partial charge >= 0.3 is 0 Å². The van der Waals surface area contributed by atoms with E-state index in [-0.39, 0.29) is 29.0 Å². The monoisotopic (exact) mass is 717 g/mol. The van der Waals surface area contributed by atoms with Crippen molar-refractivity contribution in [3.8, 4) is 5.75 Å². The van der Waals surface area contributed by atoms with Crippen molar-refractivity contribution in [2.75, 3.05) is 39.3 Å². The fourth-order valence-electron chi connectivity index (χ4n) is 8.65. The lowest BCUT2D eigenvalue weighted by Crippen LogP contribution is -2.49. The van der Waals surface area contributed by atoms with E-state index in [0.717, 1.165) is 56.6 Å². The molecule has 1 amide bonds. The standard InChI is InChI=1S/C43H48FN5O4/c44-40-30(26-48-21-18-29(19-22-48)24-46-25-38(51)35-14-16-37(50)41-36(35)15-17-39(52)47-41)8-7-9-31(40)27-49-23-20-34(28-49)43(42(45)53,32-10-3-1-4-11-32)33-12-5-2-6-13-33/h1-17,29,34,38,46,50-51H,18-28H2,(H2,45,53)(H,47,52)/t34-,38+/m1/s1. The van der Waals surface area contributed by atoms with Gasteiger partial charge < -0.3 is 26.2 Å². The summed E-state index contributed by atoms with van der Waals surface area (Å²) in [6.07, 6.45) is 1.90. The first-order valence-electron chi connectivity index (χ1n) is 18.6. The van der Waals surface area contributed by atoms with Crippen molar-refractivity contribution in [3.63, 3.8) is 0 Å². The lowest BCUT2D eigenvalue weighted by atomic mass is 9.64. The Morgan fingerprint density at radius 2 is 1.47 bits per heavy atom. The van der Waals surface area contributed by atoms with Gasteiger partial charge in [0.1, 0.15) is 17.0 Å². The number of amides is 1. The predicted molar refractivity (Wildman–Crippen MR) is 205 cm³/mol. The Bertz CT molecular complexity index is 2040. The predicted octanol–water partition coefficient (Wildman–Crippen LogP) is 5.20. The van der Waals surface area contributed by atoms with Gasteiger partial charge in [0.25, 0.3) is 0 Å². The number of aliphatic hydroxyl groups is 1. The van der Waals surface area contributed by atoms with Gasteiger partial charge in [-0.15, -0.1) is 0 Å². The number of fused-ring (bicyclic) bond motifs is 1. The molecule has 10 heteroatoms. The molecule has 0 unspecified atom stereocenters. The zero-order valence-electron chi connectivity index (χ0n) is 29.9. The smallest absolute Gasteiger partial charge is 0.248 e. The normalized spacial score (nSPS) is 18.0. The molecule has 3 heterocycles. The minimum Gasteiger partial charge on any atom is -0.506 e. The molecule has 0 spiro atoms. The molecular weight excluding hydrogens is 670 g/mol. The van der Waals surface area contributed by atoms with Crippen LogP contribution in [0.4, 0.5) is 4.39 Å². The highest BCUT2D eigenvalue weighted by Crippen LogP contribution is 2.44. The number of aromatic hydroxyl groups is 1. The van der Waals surface area contributed by atoms with E-state index < -0.39 is 11.5 Å². The van der Waals surface area contributed by atoms with E-state index in [1.165, 1.54) is 12.1 Å². The number of halogens is 1. The molecule has 53 heavy (non-hydrogen) atoms. The second-order valence-corrected chi connectivity index (χ2v) is 14.7. The molecule has 4 aromatic carbocycles. The number of nitrogens with two attached hydrogens (primary N) is 1. The van der Waals surface area contributed by atoms with Crippen LogP contribution in [0.15, 0.2) is 108 Å². The second kappa shape index (κ2) is 16.0. The maximum absolute atomic E-state index is 16.1. The fraction of sp³-hybridized carbons (Fsp3) is 0.349. The van der Waals surface area contributed by atoms with Gasteiger partial charge in [0.15, 0.2) is 0 Å². The van der Waals surface area contributed by atoms with Crippen LogP contribution in [0, 0.1) is 17.7 Å². The van der Waals surface area contributed by atoms with Crippen molar-refractivity contribution >= 4 is 16.8 Å². The van der Waals surface area contributed by atoms with Gasteiger partial charge in [0.2, 0.25) is 11.5 Å². The Hall–Kier alpha value is -4.87. The average molecular weight is 718 g/mol. The number of hydrogen-bond acceptors (Lipinski definition) is 7. The Kier molecular flexibility index (Phi) is 11.0. The maximum Gasteiger partial charge on any atom is 0.248 e. The van der Waals surface area contributed by atoms with E-state index in [4.69, 9.17) is 5.73 Å². The number of hydrogen-bond donors (Lipinski definition) is 5. The molecular formula is C43H48FN5O4. The van der Waals surface area contributed by atoms with Crippen LogP contribution in [0.3, 0.4) is 0 Å². The van der Waals surface area contributed by atoms with Crippen LogP contribution < -0.4 is 16.6 Å². The maximum atomic E-state index is 16.1. The third-order valence-electron chi connectivity index (χ3n) is 11.4. The number of H-pyrrole nitrogens is 1. The van der Waals surface area contributed by atoms with Crippen LogP contribution in [0.5, 0.6) is 5.75 Å². The van der Waals surface area contributed by atoms with E-state index in [2.05, 4.69) is 20.1 Å². The van der Waals surface area contributed by atoms with E-state index in [9.17, 15) is 19.8 Å². The van der Waals surface area contributed by atoms with Crippen LogP contribution in [0.25, 0.3) is 10.9 Å². The number of aliphatic hydroxyl groups excluding tert-OH is 1. The lowest BCUT2D eigenvalue weighted by molar-refractivity contribution is -0.123. The van der Waals surface area contributed by atoms with Crippen molar-refractivity contribution in [1.82, 2.24) is 20.1 Å². The van der Waals surface area contributed by atoms with Crippen LogP contribution in [-0.4, -0.2) is 70.2 Å². The molecule has 0 aliphatic carbocycles. The number of nitrogens with zero attached hydrogens (tertiary/aromatic N) is 2. The van der Waals surface area contributed by atoms with Crippen molar-refractivity contribution in [3.05, 3.63) is 147 Å². The number of carbonyl (C=O) groups is 1. The van der Waals surface area contributed by atoms with Crippen LogP contribution in [0.2, 0.25) is 0 Å². The van der Waals surface area contributed by atoms with E-state index in [0.29, 0.717) is 59.7 Å². The number of benzene rings is 4. The molecule has 0 saturated carbocycles. The first kappa shape index (κ1) is 36.5. The number of phenolic OH excluding ortho intramolecular Hbond substituents is 1. The Labute approximate surface area is 309 Å². The first-order valence-corrected chi connectivity index (χ1v) is 18.6. The van der Waals surface area contributed by atoms with E-state index >= 15 is 4.39 Å². The molecule has 1 aromatic heterocycles. The van der Waals surface area contributed by atoms with Crippen molar-refractivity contribution in [1.29, 1.82) is 0 Å². The summed E-state index contributed by atoms with van der Waals surface area (Å²) in [5.41, 5.74) is 9.09. The summed E-state index contributed by atoms with van der Waals surface area (Å²) in [4.78, 5) is 32.4.